The third kappa shape index (κ3) is 2.65. The van der Waals surface area contributed by atoms with Crippen LogP contribution in [0.15, 0.2) is 22.7 Å². The van der Waals surface area contributed by atoms with E-state index in [-0.39, 0.29) is 18.7 Å². The van der Waals surface area contributed by atoms with Crippen LogP contribution in [0.1, 0.15) is 10.4 Å². The van der Waals surface area contributed by atoms with Crippen LogP contribution in [0.4, 0.5) is 4.39 Å². The Hall–Kier alpha value is -0.980. The minimum atomic E-state index is -0.934. The summed E-state index contributed by atoms with van der Waals surface area (Å²) in [6.07, 6.45) is -1.87. The molecule has 1 aromatic rings. The van der Waals surface area contributed by atoms with E-state index in [2.05, 4.69) is 15.9 Å². The predicted octanol–water partition coefficient (Wildman–Crippen LogP) is 0.766. The fraction of sp³-hybridized carbons (Fsp3) is 0.364. The van der Waals surface area contributed by atoms with Gasteiger partial charge in [0.05, 0.1) is 12.2 Å². The standard InChI is InChI=1S/C11H11BrFNO3/c12-7-1-6(2-8(13)3-7)11(17)14-4-9(15)10(16)5-14/h1-3,9-10,15-16H,4-5H2. The fourth-order valence-electron chi connectivity index (χ4n) is 1.80. The molecule has 0 aromatic heterocycles. The summed E-state index contributed by atoms with van der Waals surface area (Å²) in [5.41, 5.74) is 0.193. The van der Waals surface area contributed by atoms with Gasteiger partial charge in [0.25, 0.3) is 5.91 Å². The van der Waals surface area contributed by atoms with E-state index in [0.717, 1.165) is 6.07 Å². The number of hydrogen-bond donors (Lipinski definition) is 2. The molecule has 1 fully saturated rings. The van der Waals surface area contributed by atoms with Gasteiger partial charge in [-0.3, -0.25) is 4.79 Å². The molecular formula is C11H11BrFNO3. The van der Waals surface area contributed by atoms with E-state index < -0.39 is 23.9 Å². The number of aliphatic hydroxyl groups excluding tert-OH is 2. The summed E-state index contributed by atoms with van der Waals surface area (Å²) < 4.78 is 13.6. The molecule has 2 unspecified atom stereocenters. The number of likely N-dealkylation sites (tertiary alicyclic amines) is 1. The van der Waals surface area contributed by atoms with Gasteiger partial charge in [0, 0.05) is 23.1 Å². The fourth-order valence-corrected chi connectivity index (χ4v) is 2.26. The highest BCUT2D eigenvalue weighted by molar-refractivity contribution is 9.10. The van der Waals surface area contributed by atoms with Crippen LogP contribution < -0.4 is 0 Å². The van der Waals surface area contributed by atoms with E-state index >= 15 is 0 Å². The Labute approximate surface area is 106 Å². The molecular weight excluding hydrogens is 293 g/mol. The van der Waals surface area contributed by atoms with Crippen molar-refractivity contribution in [3.8, 4) is 0 Å². The van der Waals surface area contributed by atoms with Crippen molar-refractivity contribution in [3.63, 3.8) is 0 Å². The van der Waals surface area contributed by atoms with Gasteiger partial charge in [-0.15, -0.1) is 0 Å². The molecule has 1 aliphatic rings. The highest BCUT2D eigenvalue weighted by atomic mass is 79.9. The summed E-state index contributed by atoms with van der Waals surface area (Å²) in [4.78, 5) is 13.3. The molecule has 1 amide bonds. The quantitative estimate of drug-likeness (QED) is 0.805. The molecule has 0 bridgehead atoms. The van der Waals surface area contributed by atoms with Gasteiger partial charge in [-0.25, -0.2) is 4.39 Å². The van der Waals surface area contributed by atoms with E-state index in [4.69, 9.17) is 0 Å². The van der Waals surface area contributed by atoms with Crippen molar-refractivity contribution in [3.05, 3.63) is 34.1 Å². The summed E-state index contributed by atoms with van der Waals surface area (Å²) in [6.45, 7) is 0.127. The van der Waals surface area contributed by atoms with Crippen LogP contribution in [-0.2, 0) is 0 Å². The van der Waals surface area contributed by atoms with Crippen LogP contribution in [0, 0.1) is 5.82 Å². The van der Waals surface area contributed by atoms with E-state index in [9.17, 15) is 19.4 Å². The van der Waals surface area contributed by atoms with Crippen molar-refractivity contribution in [1.82, 2.24) is 4.90 Å². The smallest absolute Gasteiger partial charge is 0.254 e. The maximum atomic E-state index is 13.1. The third-order valence-corrected chi connectivity index (χ3v) is 3.11. The van der Waals surface area contributed by atoms with Gasteiger partial charge < -0.3 is 15.1 Å². The first kappa shape index (κ1) is 12.5. The number of hydrogen-bond acceptors (Lipinski definition) is 3. The number of carbonyl (C=O) groups is 1. The highest BCUT2D eigenvalue weighted by Gasteiger charge is 2.33. The topological polar surface area (TPSA) is 60.8 Å². The summed E-state index contributed by atoms with van der Waals surface area (Å²) >= 11 is 3.10. The predicted molar refractivity (Wildman–Crippen MR) is 62.0 cm³/mol. The zero-order valence-corrected chi connectivity index (χ0v) is 10.4. The molecule has 4 nitrogen and oxygen atoms in total. The summed E-state index contributed by atoms with van der Waals surface area (Å²) in [5, 5.41) is 18.7. The molecule has 2 N–H and O–H groups in total. The van der Waals surface area contributed by atoms with Crippen molar-refractivity contribution in [2.45, 2.75) is 12.2 Å². The molecule has 1 aromatic carbocycles. The van der Waals surface area contributed by atoms with Crippen molar-refractivity contribution in [1.29, 1.82) is 0 Å². The first-order valence-corrected chi connectivity index (χ1v) is 5.88. The number of aliphatic hydroxyl groups is 2. The number of nitrogens with zero attached hydrogens (tertiary/aromatic N) is 1. The number of β-amino-alcohol motifs (C(OH)–C–C–N with tert-alkyl or cyclic N) is 2. The van der Waals surface area contributed by atoms with Crippen LogP contribution in [0.2, 0.25) is 0 Å². The second-order valence-electron chi connectivity index (χ2n) is 4.00. The van der Waals surface area contributed by atoms with Crippen LogP contribution in [0.5, 0.6) is 0 Å². The molecule has 0 spiro atoms. The summed E-state index contributed by atoms with van der Waals surface area (Å²) in [7, 11) is 0. The normalized spacial score (nSPS) is 24.1. The molecule has 2 atom stereocenters. The Morgan fingerprint density at radius 2 is 1.88 bits per heavy atom. The maximum Gasteiger partial charge on any atom is 0.254 e. The van der Waals surface area contributed by atoms with Gasteiger partial charge in [0.1, 0.15) is 5.82 Å². The van der Waals surface area contributed by atoms with Crippen LogP contribution in [0.25, 0.3) is 0 Å². The largest absolute Gasteiger partial charge is 0.388 e. The zero-order chi connectivity index (χ0) is 12.6. The molecule has 1 heterocycles. The number of benzene rings is 1. The van der Waals surface area contributed by atoms with E-state index in [1.54, 1.807) is 0 Å². The zero-order valence-electron chi connectivity index (χ0n) is 8.81. The van der Waals surface area contributed by atoms with Crippen molar-refractivity contribution in [2.75, 3.05) is 13.1 Å². The Morgan fingerprint density at radius 1 is 1.29 bits per heavy atom. The number of halogens is 2. The molecule has 1 aliphatic heterocycles. The number of rotatable bonds is 1. The Bertz CT molecular complexity index is 424. The Morgan fingerprint density at radius 3 is 2.41 bits per heavy atom. The average Bonchev–Trinajstić information content (AvgIpc) is 2.57. The molecule has 17 heavy (non-hydrogen) atoms. The van der Waals surface area contributed by atoms with Crippen LogP contribution in [-0.4, -0.2) is 46.3 Å². The average molecular weight is 304 g/mol. The molecule has 2 rings (SSSR count). The second-order valence-corrected chi connectivity index (χ2v) is 4.92. The lowest BCUT2D eigenvalue weighted by Crippen LogP contribution is -2.29. The highest BCUT2D eigenvalue weighted by Crippen LogP contribution is 2.19. The van der Waals surface area contributed by atoms with Gasteiger partial charge in [0.2, 0.25) is 0 Å². The summed E-state index contributed by atoms with van der Waals surface area (Å²) in [6, 6.07) is 3.89. The monoisotopic (exact) mass is 303 g/mol. The lowest BCUT2D eigenvalue weighted by Gasteiger charge is -2.15. The lowest BCUT2D eigenvalue weighted by molar-refractivity contribution is 0.0572. The first-order chi connectivity index (χ1) is 7.97. The third-order valence-electron chi connectivity index (χ3n) is 2.66. The first-order valence-electron chi connectivity index (χ1n) is 5.09. The molecule has 1 saturated heterocycles. The van der Waals surface area contributed by atoms with Crippen molar-refractivity contribution >= 4 is 21.8 Å². The van der Waals surface area contributed by atoms with E-state index in [1.165, 1.54) is 17.0 Å². The Balaban J connectivity index is 2.20. The van der Waals surface area contributed by atoms with Gasteiger partial charge in [-0.2, -0.15) is 0 Å². The minimum Gasteiger partial charge on any atom is -0.388 e. The minimum absolute atomic E-state index is 0.0636. The molecule has 92 valence electrons. The van der Waals surface area contributed by atoms with E-state index in [0.29, 0.717) is 4.47 Å². The van der Waals surface area contributed by atoms with Crippen molar-refractivity contribution < 1.29 is 19.4 Å². The number of amides is 1. The van der Waals surface area contributed by atoms with Gasteiger partial charge in [-0.05, 0) is 18.2 Å². The Kier molecular flexibility index (Phi) is 3.46. The molecule has 0 saturated carbocycles. The maximum absolute atomic E-state index is 13.1. The second kappa shape index (κ2) is 4.72. The van der Waals surface area contributed by atoms with Gasteiger partial charge in [-0.1, -0.05) is 15.9 Å². The van der Waals surface area contributed by atoms with Crippen molar-refractivity contribution in [2.24, 2.45) is 0 Å². The number of carbonyl (C=O) groups excluding carboxylic acids is 1. The molecule has 0 aliphatic carbocycles. The SMILES string of the molecule is O=C(c1cc(F)cc(Br)c1)N1CC(O)C(O)C1. The van der Waals surface area contributed by atoms with Crippen LogP contribution in [0.3, 0.4) is 0 Å². The lowest BCUT2D eigenvalue weighted by atomic mass is 10.2. The van der Waals surface area contributed by atoms with Gasteiger partial charge >= 0.3 is 0 Å². The molecule has 0 radical (unpaired) electrons. The summed E-state index contributed by atoms with van der Waals surface area (Å²) in [5.74, 6) is -0.913. The van der Waals surface area contributed by atoms with Crippen LogP contribution >= 0.6 is 15.9 Å². The molecule has 6 heteroatoms. The van der Waals surface area contributed by atoms with E-state index in [1.807, 2.05) is 0 Å². The van der Waals surface area contributed by atoms with Gasteiger partial charge in [0.15, 0.2) is 0 Å².